The van der Waals surface area contributed by atoms with Crippen molar-refractivity contribution >= 4 is 17.7 Å². The van der Waals surface area contributed by atoms with Crippen molar-refractivity contribution in [2.75, 3.05) is 18.1 Å². The first-order valence-corrected chi connectivity index (χ1v) is 8.27. The predicted octanol–water partition coefficient (Wildman–Crippen LogP) is 2.16. The summed E-state index contributed by atoms with van der Waals surface area (Å²) in [5, 5.41) is 13.1. The van der Waals surface area contributed by atoms with Crippen LogP contribution in [0, 0.1) is 12.8 Å². The SMILES string of the molecule is Cc1ccc(CC(C)C(=O)NCC2(O)CCSC2)cc1. The number of amides is 1. The molecule has 0 aromatic heterocycles. The Morgan fingerprint density at radius 3 is 2.75 bits per heavy atom. The summed E-state index contributed by atoms with van der Waals surface area (Å²) in [5.41, 5.74) is 1.70. The third-order valence-electron chi connectivity index (χ3n) is 3.78. The summed E-state index contributed by atoms with van der Waals surface area (Å²) in [5.74, 6) is 1.65. The van der Waals surface area contributed by atoms with Gasteiger partial charge in [0.25, 0.3) is 0 Å². The van der Waals surface area contributed by atoms with Gasteiger partial charge in [0.2, 0.25) is 5.91 Å². The van der Waals surface area contributed by atoms with Crippen molar-refractivity contribution in [3.05, 3.63) is 35.4 Å². The van der Waals surface area contributed by atoms with E-state index in [9.17, 15) is 9.90 Å². The fourth-order valence-electron chi connectivity index (χ4n) is 2.33. The zero-order valence-corrected chi connectivity index (χ0v) is 13.0. The topological polar surface area (TPSA) is 49.3 Å². The van der Waals surface area contributed by atoms with E-state index in [0.29, 0.717) is 6.54 Å². The van der Waals surface area contributed by atoms with Gasteiger partial charge >= 0.3 is 0 Å². The Balaban J connectivity index is 1.81. The predicted molar refractivity (Wildman–Crippen MR) is 83.9 cm³/mol. The molecule has 1 heterocycles. The van der Waals surface area contributed by atoms with Crippen LogP contribution in [0.15, 0.2) is 24.3 Å². The van der Waals surface area contributed by atoms with Crippen LogP contribution in [0.4, 0.5) is 0 Å². The molecule has 2 atom stereocenters. The molecule has 1 saturated heterocycles. The maximum Gasteiger partial charge on any atom is 0.223 e. The number of nitrogens with one attached hydrogen (secondary N) is 1. The average Bonchev–Trinajstić information content (AvgIpc) is 2.86. The van der Waals surface area contributed by atoms with E-state index in [-0.39, 0.29) is 11.8 Å². The smallest absolute Gasteiger partial charge is 0.223 e. The summed E-state index contributed by atoms with van der Waals surface area (Å²) in [6.45, 7) is 4.36. The molecular weight excluding hydrogens is 270 g/mol. The van der Waals surface area contributed by atoms with E-state index in [1.807, 2.05) is 6.92 Å². The summed E-state index contributed by atoms with van der Waals surface area (Å²) in [4.78, 5) is 12.1. The normalized spacial score (nSPS) is 23.6. The van der Waals surface area contributed by atoms with E-state index in [1.54, 1.807) is 11.8 Å². The van der Waals surface area contributed by atoms with Gasteiger partial charge in [-0.05, 0) is 31.1 Å². The molecule has 2 rings (SSSR count). The Kier molecular flexibility index (Phi) is 5.11. The van der Waals surface area contributed by atoms with E-state index in [4.69, 9.17) is 0 Å². The molecule has 1 aromatic rings. The molecule has 4 heteroatoms. The standard InChI is InChI=1S/C16H23NO2S/c1-12-3-5-14(6-4-12)9-13(2)15(18)17-10-16(19)7-8-20-11-16/h3-6,13,19H,7-11H2,1-2H3,(H,17,18). The molecule has 1 aliphatic heterocycles. The quantitative estimate of drug-likeness (QED) is 0.874. The van der Waals surface area contributed by atoms with Crippen LogP contribution in [0.2, 0.25) is 0 Å². The lowest BCUT2D eigenvalue weighted by atomic mass is 9.98. The number of carbonyl (C=O) groups is 1. The summed E-state index contributed by atoms with van der Waals surface area (Å²) in [7, 11) is 0. The molecule has 1 aliphatic rings. The van der Waals surface area contributed by atoms with Crippen LogP contribution in [0.5, 0.6) is 0 Å². The zero-order chi connectivity index (χ0) is 14.6. The number of hydrogen-bond donors (Lipinski definition) is 2. The van der Waals surface area contributed by atoms with Crippen molar-refractivity contribution < 1.29 is 9.90 Å². The molecule has 1 amide bonds. The third-order valence-corrected chi connectivity index (χ3v) is 5.02. The van der Waals surface area contributed by atoms with Crippen LogP contribution in [0.3, 0.4) is 0 Å². The maximum absolute atomic E-state index is 12.1. The Morgan fingerprint density at radius 1 is 1.45 bits per heavy atom. The number of hydrogen-bond acceptors (Lipinski definition) is 3. The first-order chi connectivity index (χ1) is 9.48. The minimum Gasteiger partial charge on any atom is -0.387 e. The Bertz CT molecular complexity index is 452. The molecule has 1 aromatic carbocycles. The number of rotatable bonds is 5. The number of aryl methyl sites for hydroxylation is 1. The summed E-state index contributed by atoms with van der Waals surface area (Å²) >= 11 is 1.74. The molecule has 2 N–H and O–H groups in total. The van der Waals surface area contributed by atoms with E-state index < -0.39 is 5.60 Å². The Labute approximate surface area is 125 Å². The van der Waals surface area contributed by atoms with Gasteiger partial charge in [-0.2, -0.15) is 11.8 Å². The lowest BCUT2D eigenvalue weighted by molar-refractivity contribution is -0.125. The fourth-order valence-corrected chi connectivity index (χ4v) is 3.63. The highest BCUT2D eigenvalue weighted by molar-refractivity contribution is 7.99. The van der Waals surface area contributed by atoms with Crippen molar-refractivity contribution in [2.45, 2.75) is 32.3 Å². The van der Waals surface area contributed by atoms with E-state index >= 15 is 0 Å². The van der Waals surface area contributed by atoms with Gasteiger partial charge in [0.15, 0.2) is 0 Å². The summed E-state index contributed by atoms with van der Waals surface area (Å²) in [6, 6.07) is 8.28. The first-order valence-electron chi connectivity index (χ1n) is 7.12. The number of thioether (sulfide) groups is 1. The highest BCUT2D eigenvalue weighted by atomic mass is 32.2. The number of benzene rings is 1. The van der Waals surface area contributed by atoms with Crippen molar-refractivity contribution in [1.82, 2.24) is 5.32 Å². The lowest BCUT2D eigenvalue weighted by Crippen LogP contribution is -2.44. The van der Waals surface area contributed by atoms with Gasteiger partial charge in [0, 0.05) is 18.2 Å². The minimum atomic E-state index is -0.704. The van der Waals surface area contributed by atoms with Gasteiger partial charge < -0.3 is 10.4 Å². The monoisotopic (exact) mass is 293 g/mol. The molecule has 2 unspecified atom stereocenters. The maximum atomic E-state index is 12.1. The van der Waals surface area contributed by atoms with Crippen LogP contribution in [0.25, 0.3) is 0 Å². The molecule has 0 spiro atoms. The average molecular weight is 293 g/mol. The van der Waals surface area contributed by atoms with E-state index in [1.165, 1.54) is 11.1 Å². The van der Waals surface area contributed by atoms with Crippen LogP contribution in [-0.2, 0) is 11.2 Å². The van der Waals surface area contributed by atoms with Gasteiger partial charge in [-0.15, -0.1) is 0 Å². The molecule has 1 fully saturated rings. The van der Waals surface area contributed by atoms with Crippen molar-refractivity contribution in [1.29, 1.82) is 0 Å². The van der Waals surface area contributed by atoms with E-state index in [2.05, 4.69) is 36.5 Å². The van der Waals surface area contributed by atoms with Crippen molar-refractivity contribution in [3.63, 3.8) is 0 Å². The molecule has 0 saturated carbocycles. The first kappa shape index (κ1) is 15.4. The van der Waals surface area contributed by atoms with Crippen LogP contribution >= 0.6 is 11.8 Å². The molecule has 0 bridgehead atoms. The second-order valence-electron chi connectivity index (χ2n) is 5.84. The highest BCUT2D eigenvalue weighted by Crippen LogP contribution is 2.27. The second-order valence-corrected chi connectivity index (χ2v) is 6.94. The highest BCUT2D eigenvalue weighted by Gasteiger charge is 2.32. The minimum absolute atomic E-state index is 0.0240. The van der Waals surface area contributed by atoms with Gasteiger partial charge in [-0.1, -0.05) is 36.8 Å². The van der Waals surface area contributed by atoms with Crippen molar-refractivity contribution in [3.8, 4) is 0 Å². The zero-order valence-electron chi connectivity index (χ0n) is 12.2. The summed E-state index contributed by atoms with van der Waals surface area (Å²) < 4.78 is 0. The Morgan fingerprint density at radius 2 is 2.15 bits per heavy atom. The lowest BCUT2D eigenvalue weighted by Gasteiger charge is -2.22. The molecule has 0 radical (unpaired) electrons. The van der Waals surface area contributed by atoms with Crippen LogP contribution in [-0.4, -0.2) is 34.7 Å². The van der Waals surface area contributed by atoms with Gasteiger partial charge in [0.1, 0.15) is 0 Å². The number of carbonyl (C=O) groups excluding carboxylic acids is 1. The summed E-state index contributed by atoms with van der Waals surface area (Å²) in [6.07, 6.45) is 1.50. The molecule has 110 valence electrons. The fraction of sp³-hybridized carbons (Fsp3) is 0.562. The largest absolute Gasteiger partial charge is 0.387 e. The molecule has 0 aliphatic carbocycles. The third kappa shape index (κ3) is 4.25. The molecular formula is C16H23NO2S. The molecule has 3 nitrogen and oxygen atoms in total. The van der Waals surface area contributed by atoms with Gasteiger partial charge in [-0.25, -0.2) is 0 Å². The van der Waals surface area contributed by atoms with Crippen molar-refractivity contribution in [2.24, 2.45) is 5.92 Å². The molecule has 20 heavy (non-hydrogen) atoms. The van der Waals surface area contributed by atoms with E-state index in [0.717, 1.165) is 24.3 Å². The van der Waals surface area contributed by atoms with Crippen LogP contribution in [0.1, 0.15) is 24.5 Å². The Hall–Kier alpha value is -1.00. The van der Waals surface area contributed by atoms with Gasteiger partial charge in [-0.3, -0.25) is 4.79 Å². The van der Waals surface area contributed by atoms with Gasteiger partial charge in [0.05, 0.1) is 5.60 Å². The second kappa shape index (κ2) is 6.64. The van der Waals surface area contributed by atoms with Crippen LogP contribution < -0.4 is 5.32 Å². The number of aliphatic hydroxyl groups is 1.